The van der Waals surface area contributed by atoms with Crippen molar-refractivity contribution in [2.24, 2.45) is 5.92 Å². The van der Waals surface area contributed by atoms with Crippen molar-refractivity contribution >= 4 is 23.6 Å². The number of amides is 1. The van der Waals surface area contributed by atoms with Gasteiger partial charge in [0.2, 0.25) is 5.91 Å². The zero-order valence-corrected chi connectivity index (χ0v) is 14.4. The number of carbonyl (C=O) groups is 2. The maximum Gasteiger partial charge on any atom is 0.311 e. The molecule has 0 N–H and O–H groups in total. The molecular formula is C16H26N2O3S. The molecule has 22 heavy (non-hydrogen) atoms. The van der Waals surface area contributed by atoms with Gasteiger partial charge >= 0.3 is 5.97 Å². The van der Waals surface area contributed by atoms with Gasteiger partial charge < -0.3 is 9.64 Å². The summed E-state index contributed by atoms with van der Waals surface area (Å²) in [6, 6.07) is 0.686. The highest BCUT2D eigenvalue weighted by atomic mass is 32.2. The van der Waals surface area contributed by atoms with Crippen LogP contribution in [0.25, 0.3) is 0 Å². The van der Waals surface area contributed by atoms with Crippen LogP contribution in [0.1, 0.15) is 32.6 Å². The number of rotatable bonds is 3. The molecule has 0 bridgehead atoms. The Bertz CT molecular complexity index is 441. The number of methoxy groups -OCH3 is 1. The van der Waals surface area contributed by atoms with E-state index in [1.807, 2.05) is 23.6 Å². The van der Waals surface area contributed by atoms with E-state index in [4.69, 9.17) is 4.74 Å². The first-order valence-corrected chi connectivity index (χ1v) is 9.48. The van der Waals surface area contributed by atoms with Crippen molar-refractivity contribution in [1.29, 1.82) is 0 Å². The average molecular weight is 326 g/mol. The van der Waals surface area contributed by atoms with Crippen LogP contribution in [0.5, 0.6) is 0 Å². The minimum Gasteiger partial charge on any atom is -0.469 e. The van der Waals surface area contributed by atoms with Crippen LogP contribution in [-0.4, -0.2) is 71.5 Å². The lowest BCUT2D eigenvalue weighted by molar-refractivity contribution is -0.150. The predicted molar refractivity (Wildman–Crippen MR) is 86.8 cm³/mol. The van der Waals surface area contributed by atoms with Gasteiger partial charge in [0.25, 0.3) is 0 Å². The summed E-state index contributed by atoms with van der Waals surface area (Å²) in [6.45, 7) is 4.68. The molecule has 1 spiro atoms. The molecule has 3 aliphatic heterocycles. The fourth-order valence-corrected chi connectivity index (χ4v) is 5.81. The predicted octanol–water partition coefficient (Wildman–Crippen LogP) is 1.37. The molecule has 0 aromatic carbocycles. The summed E-state index contributed by atoms with van der Waals surface area (Å²) < 4.78 is 4.99. The van der Waals surface area contributed by atoms with Crippen molar-refractivity contribution in [3.63, 3.8) is 0 Å². The van der Waals surface area contributed by atoms with E-state index in [2.05, 4.69) is 4.90 Å². The Morgan fingerprint density at radius 1 is 1.41 bits per heavy atom. The largest absolute Gasteiger partial charge is 0.469 e. The lowest BCUT2D eigenvalue weighted by Gasteiger charge is -2.48. The molecule has 1 amide bonds. The monoisotopic (exact) mass is 326 g/mol. The van der Waals surface area contributed by atoms with E-state index in [1.165, 1.54) is 25.0 Å². The van der Waals surface area contributed by atoms with Crippen LogP contribution in [0, 0.1) is 5.92 Å². The molecule has 124 valence electrons. The number of ether oxygens (including phenoxy) is 1. The van der Waals surface area contributed by atoms with E-state index in [1.54, 1.807) is 0 Å². The minimum absolute atomic E-state index is 0.114. The summed E-state index contributed by atoms with van der Waals surface area (Å²) in [4.78, 5) is 29.1. The summed E-state index contributed by atoms with van der Waals surface area (Å²) in [5.74, 6) is 2.10. The van der Waals surface area contributed by atoms with Crippen LogP contribution < -0.4 is 0 Å². The molecule has 0 aromatic heterocycles. The van der Waals surface area contributed by atoms with E-state index < -0.39 is 0 Å². The van der Waals surface area contributed by atoms with Crippen LogP contribution in [-0.2, 0) is 14.3 Å². The van der Waals surface area contributed by atoms with Crippen molar-refractivity contribution in [2.45, 2.75) is 44.2 Å². The SMILES string of the molecule is CCN1C(=O)CC(C(=O)OC)C12CCN(C1CCSC1)CC2. The van der Waals surface area contributed by atoms with Crippen molar-refractivity contribution in [2.75, 3.05) is 38.2 Å². The third-order valence-corrected chi connectivity index (χ3v) is 6.90. The van der Waals surface area contributed by atoms with Gasteiger partial charge in [-0.2, -0.15) is 11.8 Å². The van der Waals surface area contributed by atoms with Gasteiger partial charge in [-0.3, -0.25) is 14.5 Å². The normalized spacial score (nSPS) is 31.9. The molecule has 3 fully saturated rings. The second-order valence-corrected chi connectivity index (χ2v) is 7.72. The van der Waals surface area contributed by atoms with Gasteiger partial charge in [0.1, 0.15) is 0 Å². The maximum absolute atomic E-state index is 12.3. The third kappa shape index (κ3) is 2.54. The molecule has 3 saturated heterocycles. The summed E-state index contributed by atoms with van der Waals surface area (Å²) in [7, 11) is 1.43. The summed E-state index contributed by atoms with van der Waals surface area (Å²) in [5.41, 5.74) is -0.304. The van der Waals surface area contributed by atoms with E-state index in [9.17, 15) is 9.59 Å². The highest BCUT2D eigenvalue weighted by Gasteiger charge is 2.56. The molecule has 3 heterocycles. The number of piperidine rings is 1. The van der Waals surface area contributed by atoms with Gasteiger partial charge in [-0.05, 0) is 31.9 Å². The van der Waals surface area contributed by atoms with Crippen molar-refractivity contribution in [1.82, 2.24) is 9.80 Å². The molecule has 0 radical (unpaired) electrons. The zero-order chi connectivity index (χ0) is 15.7. The standard InChI is InChI=1S/C16H26N2O3S/c1-3-18-14(19)10-13(15(20)21-2)16(18)5-7-17(8-6-16)12-4-9-22-11-12/h12-13H,3-11H2,1-2H3. The topological polar surface area (TPSA) is 49.9 Å². The highest BCUT2D eigenvalue weighted by molar-refractivity contribution is 7.99. The highest BCUT2D eigenvalue weighted by Crippen LogP contribution is 2.44. The minimum atomic E-state index is -0.304. The molecule has 6 heteroatoms. The zero-order valence-electron chi connectivity index (χ0n) is 13.5. The van der Waals surface area contributed by atoms with Gasteiger partial charge in [-0.25, -0.2) is 0 Å². The Labute approximate surface area is 136 Å². The maximum atomic E-state index is 12.3. The molecule has 3 rings (SSSR count). The lowest BCUT2D eigenvalue weighted by atomic mass is 9.76. The molecule has 0 saturated carbocycles. The van der Waals surface area contributed by atoms with Gasteiger partial charge in [-0.1, -0.05) is 0 Å². The number of esters is 1. The van der Waals surface area contributed by atoms with Crippen molar-refractivity contribution in [3.05, 3.63) is 0 Å². The Morgan fingerprint density at radius 2 is 2.14 bits per heavy atom. The molecule has 2 unspecified atom stereocenters. The van der Waals surface area contributed by atoms with Crippen LogP contribution in [0.3, 0.4) is 0 Å². The number of hydrogen-bond acceptors (Lipinski definition) is 5. The first-order valence-electron chi connectivity index (χ1n) is 8.32. The lowest BCUT2D eigenvalue weighted by Crippen LogP contribution is -2.58. The van der Waals surface area contributed by atoms with Crippen LogP contribution in [0.2, 0.25) is 0 Å². The Balaban J connectivity index is 1.77. The second-order valence-electron chi connectivity index (χ2n) is 6.57. The molecule has 0 aliphatic carbocycles. The van der Waals surface area contributed by atoms with Gasteiger partial charge in [0, 0.05) is 37.8 Å². The van der Waals surface area contributed by atoms with E-state index in [-0.39, 0.29) is 23.3 Å². The van der Waals surface area contributed by atoms with Crippen LogP contribution in [0.15, 0.2) is 0 Å². The number of hydrogen-bond donors (Lipinski definition) is 0. The Morgan fingerprint density at radius 3 is 2.68 bits per heavy atom. The molecule has 2 atom stereocenters. The fraction of sp³-hybridized carbons (Fsp3) is 0.875. The van der Waals surface area contributed by atoms with E-state index in [0.717, 1.165) is 25.9 Å². The van der Waals surface area contributed by atoms with Crippen LogP contribution >= 0.6 is 11.8 Å². The van der Waals surface area contributed by atoms with Crippen LogP contribution in [0.4, 0.5) is 0 Å². The first-order chi connectivity index (χ1) is 10.6. The van der Waals surface area contributed by atoms with Crippen molar-refractivity contribution in [3.8, 4) is 0 Å². The first kappa shape index (κ1) is 16.1. The summed E-state index contributed by atoms with van der Waals surface area (Å²) in [6.07, 6.45) is 3.38. The third-order valence-electron chi connectivity index (χ3n) is 5.75. The molecule has 0 aromatic rings. The van der Waals surface area contributed by atoms with E-state index in [0.29, 0.717) is 19.0 Å². The van der Waals surface area contributed by atoms with Crippen molar-refractivity contribution < 1.29 is 14.3 Å². The smallest absolute Gasteiger partial charge is 0.311 e. The number of nitrogens with zero attached hydrogens (tertiary/aromatic N) is 2. The van der Waals surface area contributed by atoms with Gasteiger partial charge in [0.15, 0.2) is 0 Å². The second kappa shape index (κ2) is 6.40. The van der Waals surface area contributed by atoms with E-state index >= 15 is 0 Å². The van der Waals surface area contributed by atoms with Gasteiger partial charge in [-0.15, -0.1) is 0 Å². The summed E-state index contributed by atoms with van der Waals surface area (Å²) >= 11 is 2.03. The summed E-state index contributed by atoms with van der Waals surface area (Å²) in [5, 5.41) is 0. The molecule has 3 aliphatic rings. The molecule has 5 nitrogen and oxygen atoms in total. The quantitative estimate of drug-likeness (QED) is 0.733. The molecular weight excluding hydrogens is 300 g/mol. The Kier molecular flexibility index (Phi) is 4.69. The average Bonchev–Trinajstić information content (AvgIpc) is 3.15. The number of thioether (sulfide) groups is 1. The Hall–Kier alpha value is -0.750. The fourth-order valence-electron chi connectivity index (χ4n) is 4.55. The number of carbonyl (C=O) groups excluding carboxylic acids is 2. The number of likely N-dealkylation sites (tertiary alicyclic amines) is 2. The van der Waals surface area contributed by atoms with Gasteiger partial charge in [0.05, 0.1) is 18.6 Å².